The van der Waals surface area contributed by atoms with Crippen LogP contribution >= 0.6 is 0 Å². The van der Waals surface area contributed by atoms with Crippen LogP contribution in [0.4, 0.5) is 11.6 Å². The SMILES string of the molecule is Cc1cncnc1N1CC2CN(c3ncnc4c3CCC4)CC2C1. The second-order valence-corrected chi connectivity index (χ2v) is 7.34. The first-order valence-electron chi connectivity index (χ1n) is 8.89. The highest BCUT2D eigenvalue weighted by Crippen LogP contribution is 2.38. The number of fused-ring (bicyclic) bond motifs is 2. The number of rotatable bonds is 2. The minimum Gasteiger partial charge on any atom is -0.356 e. The Labute approximate surface area is 142 Å². The van der Waals surface area contributed by atoms with Crippen LogP contribution in [0.1, 0.15) is 23.2 Å². The average molecular weight is 322 g/mol. The molecular formula is C18H22N6. The molecular weight excluding hydrogens is 300 g/mol. The van der Waals surface area contributed by atoms with Crippen LogP contribution in [0.5, 0.6) is 0 Å². The lowest BCUT2D eigenvalue weighted by Crippen LogP contribution is -2.30. The molecule has 2 atom stereocenters. The second-order valence-electron chi connectivity index (χ2n) is 7.34. The van der Waals surface area contributed by atoms with E-state index in [1.165, 1.54) is 29.1 Å². The van der Waals surface area contributed by atoms with Crippen molar-refractivity contribution in [2.75, 3.05) is 36.0 Å². The number of hydrogen-bond donors (Lipinski definition) is 0. The Bertz CT molecular complexity index is 762. The van der Waals surface area contributed by atoms with Crippen LogP contribution in [-0.4, -0.2) is 46.1 Å². The van der Waals surface area contributed by atoms with Gasteiger partial charge in [-0.1, -0.05) is 0 Å². The standard InChI is InChI=1S/C18H22N6/c1-12-5-19-10-21-17(12)23-6-13-8-24(9-14(13)7-23)18-15-3-2-4-16(15)20-11-22-18/h5,10-11,13-14H,2-4,6-9H2,1H3. The maximum Gasteiger partial charge on any atom is 0.135 e. The zero-order chi connectivity index (χ0) is 16.1. The third-order valence-electron chi connectivity index (χ3n) is 5.81. The van der Waals surface area contributed by atoms with Crippen LogP contribution in [-0.2, 0) is 12.8 Å². The minimum absolute atomic E-state index is 0.700. The zero-order valence-electron chi connectivity index (χ0n) is 14.0. The molecule has 4 heterocycles. The Morgan fingerprint density at radius 1 is 0.875 bits per heavy atom. The highest BCUT2D eigenvalue weighted by Gasteiger charge is 2.42. The molecule has 24 heavy (non-hydrogen) atoms. The fourth-order valence-corrected chi connectivity index (χ4v) is 4.68. The van der Waals surface area contributed by atoms with Gasteiger partial charge in [-0.05, 0) is 26.2 Å². The van der Waals surface area contributed by atoms with E-state index in [-0.39, 0.29) is 0 Å². The van der Waals surface area contributed by atoms with Gasteiger partial charge < -0.3 is 9.80 Å². The Hall–Kier alpha value is -2.24. The third kappa shape index (κ3) is 2.16. The van der Waals surface area contributed by atoms with Crippen molar-refractivity contribution in [1.29, 1.82) is 0 Å². The normalized spacial score (nSPS) is 25.2. The number of aromatic nitrogens is 4. The number of hydrogen-bond acceptors (Lipinski definition) is 6. The van der Waals surface area contributed by atoms with Crippen molar-refractivity contribution in [1.82, 2.24) is 19.9 Å². The van der Waals surface area contributed by atoms with Crippen LogP contribution < -0.4 is 9.80 Å². The van der Waals surface area contributed by atoms with Gasteiger partial charge in [-0.15, -0.1) is 0 Å². The van der Waals surface area contributed by atoms with E-state index in [1.54, 1.807) is 12.7 Å². The Morgan fingerprint density at radius 2 is 1.58 bits per heavy atom. The van der Waals surface area contributed by atoms with E-state index in [1.807, 2.05) is 6.20 Å². The van der Waals surface area contributed by atoms with Gasteiger partial charge in [0, 0.05) is 61.0 Å². The molecule has 3 aliphatic rings. The molecule has 124 valence electrons. The molecule has 2 aromatic rings. The van der Waals surface area contributed by atoms with Gasteiger partial charge in [-0.25, -0.2) is 19.9 Å². The van der Waals surface area contributed by atoms with Crippen molar-refractivity contribution < 1.29 is 0 Å². The molecule has 0 bridgehead atoms. The maximum absolute atomic E-state index is 4.63. The van der Waals surface area contributed by atoms with Gasteiger partial charge >= 0.3 is 0 Å². The van der Waals surface area contributed by atoms with Gasteiger partial charge in [-0.3, -0.25) is 0 Å². The van der Waals surface area contributed by atoms with Crippen LogP contribution in [0.15, 0.2) is 18.9 Å². The molecule has 2 fully saturated rings. The van der Waals surface area contributed by atoms with E-state index >= 15 is 0 Å². The summed E-state index contributed by atoms with van der Waals surface area (Å²) < 4.78 is 0. The summed E-state index contributed by atoms with van der Waals surface area (Å²) in [6.45, 7) is 6.49. The van der Waals surface area contributed by atoms with Crippen molar-refractivity contribution in [2.24, 2.45) is 11.8 Å². The van der Waals surface area contributed by atoms with Gasteiger partial charge in [-0.2, -0.15) is 0 Å². The predicted molar refractivity (Wildman–Crippen MR) is 92.2 cm³/mol. The average Bonchev–Trinajstić information content (AvgIpc) is 3.28. The fourth-order valence-electron chi connectivity index (χ4n) is 4.68. The van der Waals surface area contributed by atoms with Gasteiger partial charge in [0.1, 0.15) is 24.3 Å². The molecule has 1 aliphatic carbocycles. The zero-order valence-corrected chi connectivity index (χ0v) is 14.0. The smallest absolute Gasteiger partial charge is 0.135 e. The lowest BCUT2D eigenvalue weighted by molar-refractivity contribution is 0.533. The number of aryl methyl sites for hydroxylation is 2. The fraction of sp³-hybridized carbons (Fsp3) is 0.556. The van der Waals surface area contributed by atoms with Crippen LogP contribution in [0.2, 0.25) is 0 Å². The van der Waals surface area contributed by atoms with Crippen molar-refractivity contribution in [3.05, 3.63) is 35.7 Å². The lowest BCUT2D eigenvalue weighted by Gasteiger charge is -2.25. The molecule has 2 aromatic heterocycles. The first-order chi connectivity index (χ1) is 11.8. The molecule has 6 nitrogen and oxygen atoms in total. The van der Waals surface area contributed by atoms with Crippen molar-refractivity contribution in [2.45, 2.75) is 26.2 Å². The Balaban J connectivity index is 1.34. The summed E-state index contributed by atoms with van der Waals surface area (Å²) >= 11 is 0. The van der Waals surface area contributed by atoms with E-state index in [4.69, 9.17) is 0 Å². The van der Waals surface area contributed by atoms with Crippen LogP contribution in [0.3, 0.4) is 0 Å². The second kappa shape index (κ2) is 5.40. The van der Waals surface area contributed by atoms with E-state index in [0.717, 1.165) is 44.8 Å². The van der Waals surface area contributed by atoms with Gasteiger partial charge in [0.2, 0.25) is 0 Å². The molecule has 5 rings (SSSR count). The summed E-state index contributed by atoms with van der Waals surface area (Å²) in [6, 6.07) is 0. The summed E-state index contributed by atoms with van der Waals surface area (Å²) in [5, 5.41) is 0. The van der Waals surface area contributed by atoms with E-state index < -0.39 is 0 Å². The summed E-state index contributed by atoms with van der Waals surface area (Å²) in [5.74, 6) is 3.71. The summed E-state index contributed by atoms with van der Waals surface area (Å²) in [6.07, 6.45) is 8.81. The topological polar surface area (TPSA) is 58.0 Å². The molecule has 0 spiro atoms. The quantitative estimate of drug-likeness (QED) is 0.838. The summed E-state index contributed by atoms with van der Waals surface area (Å²) in [7, 11) is 0. The first kappa shape index (κ1) is 14.1. The van der Waals surface area contributed by atoms with Crippen LogP contribution in [0, 0.1) is 18.8 Å². The van der Waals surface area contributed by atoms with E-state index in [0.29, 0.717) is 11.8 Å². The molecule has 0 aromatic carbocycles. The van der Waals surface area contributed by atoms with Crippen molar-refractivity contribution in [3.8, 4) is 0 Å². The molecule has 0 radical (unpaired) electrons. The monoisotopic (exact) mass is 322 g/mol. The van der Waals surface area contributed by atoms with Crippen molar-refractivity contribution in [3.63, 3.8) is 0 Å². The largest absolute Gasteiger partial charge is 0.356 e. The van der Waals surface area contributed by atoms with Gasteiger partial charge in [0.15, 0.2) is 0 Å². The van der Waals surface area contributed by atoms with E-state index in [2.05, 4.69) is 36.7 Å². The summed E-state index contributed by atoms with van der Waals surface area (Å²) in [4.78, 5) is 22.6. The van der Waals surface area contributed by atoms with E-state index in [9.17, 15) is 0 Å². The highest BCUT2D eigenvalue weighted by molar-refractivity contribution is 5.53. The van der Waals surface area contributed by atoms with Crippen LogP contribution in [0.25, 0.3) is 0 Å². The van der Waals surface area contributed by atoms with Gasteiger partial charge in [0.25, 0.3) is 0 Å². The van der Waals surface area contributed by atoms with Gasteiger partial charge in [0.05, 0.1) is 0 Å². The molecule has 2 aliphatic heterocycles. The Morgan fingerprint density at radius 3 is 2.33 bits per heavy atom. The molecule has 0 N–H and O–H groups in total. The van der Waals surface area contributed by atoms with Crippen molar-refractivity contribution >= 4 is 11.6 Å². The first-order valence-corrected chi connectivity index (χ1v) is 8.89. The highest BCUT2D eigenvalue weighted by atomic mass is 15.3. The molecule has 0 saturated carbocycles. The summed E-state index contributed by atoms with van der Waals surface area (Å²) in [5.41, 5.74) is 3.85. The minimum atomic E-state index is 0.700. The number of anilines is 2. The molecule has 6 heteroatoms. The predicted octanol–water partition coefficient (Wildman–Crippen LogP) is 1.64. The third-order valence-corrected chi connectivity index (χ3v) is 5.81. The maximum atomic E-state index is 4.63. The molecule has 2 unspecified atom stereocenters. The molecule has 2 saturated heterocycles. The number of nitrogens with zero attached hydrogens (tertiary/aromatic N) is 6. The Kier molecular flexibility index (Phi) is 3.18. The lowest BCUT2D eigenvalue weighted by atomic mass is 10.0. The molecule has 0 amide bonds.